The van der Waals surface area contributed by atoms with Crippen LogP contribution in [0.15, 0.2) is 21.8 Å². The Kier molecular flexibility index (Phi) is 3.79. The summed E-state index contributed by atoms with van der Waals surface area (Å²) in [6.45, 7) is 2.72. The fourth-order valence-corrected chi connectivity index (χ4v) is 2.48. The quantitative estimate of drug-likeness (QED) is 0.819. The van der Waals surface area contributed by atoms with Crippen LogP contribution in [0, 0.1) is 0 Å². The molecule has 1 aromatic heterocycles. The second-order valence-corrected chi connectivity index (χ2v) is 4.85. The van der Waals surface area contributed by atoms with Crippen molar-refractivity contribution < 1.29 is 0 Å². The van der Waals surface area contributed by atoms with E-state index in [2.05, 4.69) is 51.4 Å². The fraction of sp³-hybridized carbons (Fsp3) is 0.545. The number of hydrogen-bond donors (Lipinski definition) is 2. The fourth-order valence-electron chi connectivity index (χ4n) is 1.77. The van der Waals surface area contributed by atoms with Gasteiger partial charge in [-0.3, -0.25) is 4.99 Å². The highest BCUT2D eigenvalue weighted by Crippen LogP contribution is 2.19. The van der Waals surface area contributed by atoms with Gasteiger partial charge in [-0.25, -0.2) is 0 Å². The van der Waals surface area contributed by atoms with Crippen molar-refractivity contribution in [3.8, 4) is 0 Å². The summed E-state index contributed by atoms with van der Waals surface area (Å²) < 4.78 is 0. The van der Waals surface area contributed by atoms with Crippen molar-refractivity contribution in [2.75, 3.05) is 33.7 Å². The molecule has 0 aliphatic carbocycles. The minimum atomic E-state index is 0.399. The number of thiophene rings is 1. The van der Waals surface area contributed by atoms with Crippen LogP contribution in [0.2, 0.25) is 0 Å². The normalized spacial score (nSPS) is 17.1. The first-order valence-corrected chi connectivity index (χ1v) is 6.42. The minimum absolute atomic E-state index is 0.399. The Morgan fingerprint density at radius 3 is 3.06 bits per heavy atom. The van der Waals surface area contributed by atoms with E-state index in [1.807, 2.05) is 0 Å². The van der Waals surface area contributed by atoms with Gasteiger partial charge in [0.2, 0.25) is 0 Å². The van der Waals surface area contributed by atoms with Crippen LogP contribution in [0.1, 0.15) is 11.6 Å². The molecule has 0 amide bonds. The van der Waals surface area contributed by atoms with Gasteiger partial charge in [-0.05, 0) is 36.5 Å². The van der Waals surface area contributed by atoms with E-state index in [4.69, 9.17) is 0 Å². The molecular formula is C11H18N4S. The molecule has 2 N–H and O–H groups in total. The smallest absolute Gasteiger partial charge is 0.191 e. The standard InChI is InChI=1S/C11H18N4S/c1-15(2)10(9-3-6-16-8-9)7-14-11-12-4-5-13-11/h3,6,8,10H,4-5,7H2,1-2H3,(H2,12,13,14)/t10-/m1/s1. The number of hydrogen-bond acceptors (Lipinski definition) is 5. The average Bonchev–Trinajstić information content (AvgIpc) is 2.88. The Morgan fingerprint density at radius 2 is 2.50 bits per heavy atom. The molecule has 0 saturated heterocycles. The third-order valence-corrected chi connectivity index (χ3v) is 3.39. The molecule has 16 heavy (non-hydrogen) atoms. The van der Waals surface area contributed by atoms with Crippen molar-refractivity contribution in [2.24, 2.45) is 4.99 Å². The van der Waals surface area contributed by atoms with Crippen LogP contribution in [0.3, 0.4) is 0 Å². The van der Waals surface area contributed by atoms with Crippen molar-refractivity contribution in [3.63, 3.8) is 0 Å². The van der Waals surface area contributed by atoms with Gasteiger partial charge >= 0.3 is 0 Å². The SMILES string of the molecule is CN(C)[C@H](CNC1=NCCN1)c1ccsc1. The number of rotatable bonds is 4. The lowest BCUT2D eigenvalue weighted by atomic mass is 10.1. The Morgan fingerprint density at radius 1 is 1.62 bits per heavy atom. The molecule has 4 nitrogen and oxygen atoms in total. The molecule has 2 rings (SSSR count). The molecule has 0 spiro atoms. The first kappa shape index (κ1) is 11.4. The third kappa shape index (κ3) is 2.74. The summed E-state index contributed by atoms with van der Waals surface area (Å²) in [7, 11) is 4.21. The summed E-state index contributed by atoms with van der Waals surface area (Å²) in [6.07, 6.45) is 0. The molecule has 0 fully saturated rings. The Bertz CT molecular complexity index is 345. The summed E-state index contributed by atoms with van der Waals surface area (Å²) in [4.78, 5) is 6.55. The lowest BCUT2D eigenvalue weighted by molar-refractivity contribution is 0.299. The van der Waals surface area contributed by atoms with Gasteiger partial charge in [0.15, 0.2) is 5.96 Å². The van der Waals surface area contributed by atoms with Crippen LogP contribution in [0.4, 0.5) is 0 Å². The van der Waals surface area contributed by atoms with Crippen LogP contribution in [-0.2, 0) is 0 Å². The van der Waals surface area contributed by atoms with Crippen LogP contribution < -0.4 is 10.6 Å². The monoisotopic (exact) mass is 238 g/mol. The number of nitrogens with zero attached hydrogens (tertiary/aromatic N) is 2. The molecule has 5 heteroatoms. The highest BCUT2D eigenvalue weighted by Gasteiger charge is 2.15. The second kappa shape index (κ2) is 5.32. The van der Waals surface area contributed by atoms with Crippen LogP contribution in [0.25, 0.3) is 0 Å². The zero-order valence-corrected chi connectivity index (χ0v) is 10.5. The topological polar surface area (TPSA) is 39.7 Å². The lowest BCUT2D eigenvalue weighted by Crippen LogP contribution is -2.39. The summed E-state index contributed by atoms with van der Waals surface area (Å²) in [5, 5.41) is 10.9. The highest BCUT2D eigenvalue weighted by atomic mass is 32.1. The molecular weight excluding hydrogens is 220 g/mol. The van der Waals surface area contributed by atoms with Crippen molar-refractivity contribution in [3.05, 3.63) is 22.4 Å². The Labute approximate surface area is 100 Å². The van der Waals surface area contributed by atoms with E-state index in [1.165, 1.54) is 5.56 Å². The summed E-state index contributed by atoms with van der Waals surface area (Å²) in [6, 6.07) is 2.58. The Hall–Kier alpha value is -1.07. The molecule has 0 aromatic carbocycles. The maximum Gasteiger partial charge on any atom is 0.191 e. The van der Waals surface area contributed by atoms with Gasteiger partial charge in [-0.1, -0.05) is 0 Å². The first-order chi connectivity index (χ1) is 7.77. The van der Waals surface area contributed by atoms with E-state index < -0.39 is 0 Å². The Balaban J connectivity index is 1.93. The van der Waals surface area contributed by atoms with Crippen LogP contribution >= 0.6 is 11.3 Å². The zero-order valence-electron chi connectivity index (χ0n) is 9.73. The van der Waals surface area contributed by atoms with Gasteiger partial charge in [0.25, 0.3) is 0 Å². The van der Waals surface area contributed by atoms with Gasteiger partial charge in [0.1, 0.15) is 0 Å². The van der Waals surface area contributed by atoms with Gasteiger partial charge in [-0.15, -0.1) is 0 Å². The minimum Gasteiger partial charge on any atom is -0.355 e. The van der Waals surface area contributed by atoms with Gasteiger partial charge in [0, 0.05) is 13.1 Å². The van der Waals surface area contributed by atoms with Crippen LogP contribution in [0.5, 0.6) is 0 Å². The second-order valence-electron chi connectivity index (χ2n) is 4.07. The zero-order chi connectivity index (χ0) is 11.4. The molecule has 2 heterocycles. The van der Waals surface area contributed by atoms with Gasteiger partial charge < -0.3 is 15.5 Å². The highest BCUT2D eigenvalue weighted by molar-refractivity contribution is 7.07. The van der Waals surface area contributed by atoms with E-state index in [0.29, 0.717) is 6.04 Å². The molecule has 0 unspecified atom stereocenters. The van der Waals surface area contributed by atoms with Crippen molar-refractivity contribution in [1.82, 2.24) is 15.5 Å². The number of guanidine groups is 1. The molecule has 0 bridgehead atoms. The lowest BCUT2D eigenvalue weighted by Gasteiger charge is -2.24. The summed E-state index contributed by atoms with van der Waals surface area (Å²) in [5.41, 5.74) is 1.36. The van der Waals surface area contributed by atoms with Gasteiger partial charge in [-0.2, -0.15) is 11.3 Å². The molecule has 88 valence electrons. The molecule has 0 saturated carbocycles. The summed E-state index contributed by atoms with van der Waals surface area (Å²) in [5.74, 6) is 0.932. The molecule has 1 atom stereocenters. The maximum absolute atomic E-state index is 4.33. The van der Waals surface area contributed by atoms with E-state index in [9.17, 15) is 0 Å². The predicted molar refractivity (Wildman–Crippen MR) is 69.1 cm³/mol. The van der Waals surface area contributed by atoms with E-state index >= 15 is 0 Å². The molecule has 1 aliphatic heterocycles. The largest absolute Gasteiger partial charge is 0.355 e. The van der Waals surface area contributed by atoms with Crippen molar-refractivity contribution in [1.29, 1.82) is 0 Å². The van der Waals surface area contributed by atoms with Crippen LogP contribution in [-0.4, -0.2) is 44.6 Å². The van der Waals surface area contributed by atoms with Crippen molar-refractivity contribution >= 4 is 17.3 Å². The number of aliphatic imine (C=N–C) groups is 1. The molecule has 1 aromatic rings. The third-order valence-electron chi connectivity index (χ3n) is 2.69. The van der Waals surface area contributed by atoms with Gasteiger partial charge in [0.05, 0.1) is 12.6 Å². The van der Waals surface area contributed by atoms with E-state index in [1.54, 1.807) is 11.3 Å². The summed E-state index contributed by atoms with van der Waals surface area (Å²) >= 11 is 1.74. The first-order valence-electron chi connectivity index (χ1n) is 5.48. The maximum atomic E-state index is 4.33. The molecule has 0 radical (unpaired) electrons. The van der Waals surface area contributed by atoms with Crippen molar-refractivity contribution in [2.45, 2.75) is 6.04 Å². The van der Waals surface area contributed by atoms with E-state index in [-0.39, 0.29) is 0 Å². The number of likely N-dealkylation sites (N-methyl/N-ethyl adjacent to an activating group) is 1. The van der Waals surface area contributed by atoms with E-state index in [0.717, 1.165) is 25.6 Å². The predicted octanol–water partition coefficient (Wildman–Crippen LogP) is 0.900. The molecule has 1 aliphatic rings. The average molecular weight is 238 g/mol. The number of nitrogens with one attached hydrogen (secondary N) is 2.